The predicted octanol–water partition coefficient (Wildman–Crippen LogP) is 2.66. The van der Waals surface area contributed by atoms with E-state index in [2.05, 4.69) is 25.2 Å². The van der Waals surface area contributed by atoms with E-state index in [0.717, 1.165) is 48.7 Å². The minimum atomic E-state index is -0.616. The van der Waals surface area contributed by atoms with Crippen molar-refractivity contribution in [2.75, 3.05) is 19.6 Å². The van der Waals surface area contributed by atoms with Crippen LogP contribution in [-0.2, 0) is 10.3 Å². The van der Waals surface area contributed by atoms with Gasteiger partial charge in [0.1, 0.15) is 17.4 Å². The summed E-state index contributed by atoms with van der Waals surface area (Å²) in [6.45, 7) is 6.98. The maximum absolute atomic E-state index is 12.5. The topological polar surface area (TPSA) is 80.2 Å². The number of aromatic nitrogens is 3. The first-order chi connectivity index (χ1) is 12.5. The quantitative estimate of drug-likeness (QED) is 0.887. The lowest BCUT2D eigenvalue weighted by atomic mass is 9.86. The van der Waals surface area contributed by atoms with Crippen LogP contribution in [0.25, 0.3) is 10.6 Å². The highest BCUT2D eigenvalue weighted by Crippen LogP contribution is 2.31. The van der Waals surface area contributed by atoms with Crippen molar-refractivity contribution in [3.05, 3.63) is 29.8 Å². The highest BCUT2D eigenvalue weighted by atomic mass is 32.1. The molecule has 2 bridgehead atoms. The van der Waals surface area contributed by atoms with Crippen molar-refractivity contribution in [1.82, 2.24) is 25.2 Å². The van der Waals surface area contributed by atoms with Gasteiger partial charge >= 0.3 is 6.09 Å². The normalized spacial score (nSPS) is 25.1. The van der Waals surface area contributed by atoms with Gasteiger partial charge in [-0.25, -0.2) is 19.7 Å². The highest BCUT2D eigenvalue weighted by molar-refractivity contribution is 7.13. The Morgan fingerprint density at radius 1 is 1.31 bits per heavy atom. The van der Waals surface area contributed by atoms with Gasteiger partial charge in [-0.2, -0.15) is 0 Å². The van der Waals surface area contributed by atoms with Gasteiger partial charge < -0.3 is 10.1 Å². The summed E-state index contributed by atoms with van der Waals surface area (Å²) in [5.74, 6) is 0.498. The van der Waals surface area contributed by atoms with Gasteiger partial charge in [-0.15, -0.1) is 11.3 Å². The number of hydrogen-bond acceptors (Lipinski definition) is 7. The third-order valence-corrected chi connectivity index (χ3v) is 6.11. The molecule has 0 unspecified atom stereocenters. The summed E-state index contributed by atoms with van der Waals surface area (Å²) in [5.41, 5.74) is 1.05. The average molecular weight is 373 g/mol. The number of carbonyl (C=O) groups excluding carboxylic acids is 1. The fraction of sp³-hybridized carbons (Fsp3) is 0.556. The molecule has 0 saturated carbocycles. The Kier molecular flexibility index (Phi) is 4.62. The van der Waals surface area contributed by atoms with Crippen molar-refractivity contribution in [1.29, 1.82) is 0 Å². The predicted molar refractivity (Wildman–Crippen MR) is 98.7 cm³/mol. The van der Waals surface area contributed by atoms with Crippen molar-refractivity contribution in [2.45, 2.75) is 38.3 Å². The van der Waals surface area contributed by atoms with E-state index in [0.29, 0.717) is 5.92 Å². The van der Waals surface area contributed by atoms with Crippen LogP contribution in [0.4, 0.5) is 4.79 Å². The number of thiazole rings is 1. The Morgan fingerprint density at radius 2 is 2.04 bits per heavy atom. The number of alkyl carbamates (subject to hydrolysis) is 1. The van der Waals surface area contributed by atoms with E-state index in [9.17, 15) is 4.79 Å². The van der Waals surface area contributed by atoms with Crippen molar-refractivity contribution < 1.29 is 9.53 Å². The molecule has 5 rings (SSSR count). The number of carbonyl (C=O) groups is 1. The zero-order chi connectivity index (χ0) is 18.1. The molecule has 138 valence electrons. The molecule has 3 saturated heterocycles. The molecule has 0 aromatic carbocycles. The third-order valence-electron chi connectivity index (χ3n) is 5.22. The van der Waals surface area contributed by atoms with Gasteiger partial charge in [-0.05, 0) is 45.7 Å². The van der Waals surface area contributed by atoms with Gasteiger partial charge in [0.2, 0.25) is 0 Å². The second-order valence-corrected chi connectivity index (χ2v) is 8.35. The summed E-state index contributed by atoms with van der Waals surface area (Å²) >= 11 is 1.51. The fourth-order valence-electron chi connectivity index (χ4n) is 3.63. The first kappa shape index (κ1) is 17.4. The smallest absolute Gasteiger partial charge is 0.408 e. The lowest BCUT2D eigenvalue weighted by Gasteiger charge is -2.44. The summed E-state index contributed by atoms with van der Waals surface area (Å²) < 4.78 is 5.74. The van der Waals surface area contributed by atoms with Gasteiger partial charge in [0, 0.05) is 29.9 Å². The molecule has 26 heavy (non-hydrogen) atoms. The van der Waals surface area contributed by atoms with Gasteiger partial charge in [0.05, 0.1) is 11.2 Å². The maximum Gasteiger partial charge on any atom is 0.408 e. The Labute approximate surface area is 156 Å². The average Bonchev–Trinajstić information content (AvgIpc) is 3.14. The Balaban J connectivity index is 1.40. The molecule has 1 amide bonds. The van der Waals surface area contributed by atoms with Crippen molar-refractivity contribution >= 4 is 17.4 Å². The molecule has 2 aromatic rings. The number of piperidine rings is 3. The van der Waals surface area contributed by atoms with Crippen LogP contribution in [0.2, 0.25) is 0 Å². The molecule has 1 N–H and O–H groups in total. The molecule has 0 spiro atoms. The van der Waals surface area contributed by atoms with Crippen LogP contribution in [0.1, 0.15) is 32.4 Å². The molecule has 3 fully saturated rings. The molecule has 0 radical (unpaired) electrons. The molecule has 5 heterocycles. The molecular weight excluding hydrogens is 350 g/mol. The molecular formula is C18H23N5O2S. The van der Waals surface area contributed by atoms with Crippen LogP contribution in [0, 0.1) is 5.92 Å². The number of rotatable bonds is 4. The Hall–Kier alpha value is -2.06. The monoisotopic (exact) mass is 373 g/mol. The van der Waals surface area contributed by atoms with Gasteiger partial charge in [-0.3, -0.25) is 4.90 Å². The molecule has 3 aliphatic heterocycles. The SMILES string of the molecule is CC(C)(NC(=O)O[C@@H]1CN2CCC1CC2)c1csc(-c2cncnc2)n1. The maximum atomic E-state index is 12.5. The van der Waals surface area contributed by atoms with Crippen LogP contribution in [0.15, 0.2) is 24.1 Å². The third kappa shape index (κ3) is 3.57. The van der Waals surface area contributed by atoms with Crippen LogP contribution >= 0.6 is 11.3 Å². The van der Waals surface area contributed by atoms with Crippen molar-refractivity contribution in [3.8, 4) is 10.6 Å². The Bertz CT molecular complexity index is 771. The first-order valence-electron chi connectivity index (χ1n) is 8.94. The van der Waals surface area contributed by atoms with E-state index in [1.54, 1.807) is 12.4 Å². The second kappa shape index (κ2) is 6.92. The van der Waals surface area contributed by atoms with Crippen molar-refractivity contribution in [2.24, 2.45) is 5.92 Å². The Morgan fingerprint density at radius 3 is 2.69 bits per heavy atom. The van der Waals surface area contributed by atoms with Crippen LogP contribution < -0.4 is 5.32 Å². The molecule has 1 atom stereocenters. The molecule has 3 aliphatic rings. The summed E-state index contributed by atoms with van der Waals surface area (Å²) in [6, 6.07) is 0. The number of amides is 1. The largest absolute Gasteiger partial charge is 0.445 e. The first-order valence-corrected chi connectivity index (χ1v) is 9.82. The van der Waals surface area contributed by atoms with Gasteiger partial charge in [0.25, 0.3) is 0 Å². The fourth-order valence-corrected chi connectivity index (χ4v) is 4.60. The second-order valence-electron chi connectivity index (χ2n) is 7.50. The van der Waals surface area contributed by atoms with Crippen LogP contribution in [0.5, 0.6) is 0 Å². The molecule has 2 aromatic heterocycles. The summed E-state index contributed by atoms with van der Waals surface area (Å²) in [6.07, 6.45) is 6.84. The summed E-state index contributed by atoms with van der Waals surface area (Å²) in [7, 11) is 0. The van der Waals surface area contributed by atoms with E-state index < -0.39 is 5.54 Å². The molecule has 8 heteroatoms. The van der Waals surface area contributed by atoms with Crippen molar-refractivity contribution in [3.63, 3.8) is 0 Å². The zero-order valence-corrected chi connectivity index (χ0v) is 15.8. The van der Waals surface area contributed by atoms with E-state index in [1.165, 1.54) is 17.7 Å². The summed E-state index contributed by atoms with van der Waals surface area (Å²) in [4.78, 5) is 27.5. The minimum Gasteiger partial charge on any atom is -0.445 e. The van der Waals surface area contributed by atoms with Crippen LogP contribution in [0.3, 0.4) is 0 Å². The lowest BCUT2D eigenvalue weighted by molar-refractivity contribution is -0.0350. The van der Waals surface area contributed by atoms with Gasteiger partial charge in [0.15, 0.2) is 0 Å². The number of hydrogen-bond donors (Lipinski definition) is 1. The molecule has 7 nitrogen and oxygen atoms in total. The number of ether oxygens (including phenoxy) is 1. The van der Waals surface area contributed by atoms with Crippen LogP contribution in [-0.4, -0.2) is 51.7 Å². The van der Waals surface area contributed by atoms with E-state index in [-0.39, 0.29) is 12.2 Å². The van der Waals surface area contributed by atoms with E-state index in [1.807, 2.05) is 19.2 Å². The van der Waals surface area contributed by atoms with Gasteiger partial charge in [-0.1, -0.05) is 0 Å². The summed E-state index contributed by atoms with van der Waals surface area (Å²) in [5, 5.41) is 5.77. The zero-order valence-electron chi connectivity index (χ0n) is 15.0. The number of fused-ring (bicyclic) bond motifs is 3. The lowest BCUT2D eigenvalue weighted by Crippen LogP contribution is -2.53. The highest BCUT2D eigenvalue weighted by Gasteiger charge is 2.37. The number of nitrogens with zero attached hydrogens (tertiary/aromatic N) is 4. The van der Waals surface area contributed by atoms with E-state index >= 15 is 0 Å². The van der Waals surface area contributed by atoms with E-state index in [4.69, 9.17) is 4.74 Å². The number of nitrogens with one attached hydrogen (secondary N) is 1. The standard InChI is InChI=1S/C18H23N5O2S/c1-18(2,15-10-26-16(21-15)13-7-19-11-20-8-13)22-17(24)25-14-9-23-5-3-12(14)4-6-23/h7-8,10-12,14H,3-6,9H2,1-2H3,(H,22,24)/t14-/m1/s1. The molecule has 0 aliphatic carbocycles. The minimum absolute atomic E-state index is 0.000706.